The number of carbonyl (C=O) groups is 2. The Morgan fingerprint density at radius 3 is 1.88 bits per heavy atom. The first kappa shape index (κ1) is 17.8. The van der Waals surface area contributed by atoms with Gasteiger partial charge in [0.1, 0.15) is 0 Å². The predicted molar refractivity (Wildman–Crippen MR) is 98.6 cm³/mol. The van der Waals surface area contributed by atoms with E-state index in [-0.39, 0.29) is 18.4 Å². The summed E-state index contributed by atoms with van der Waals surface area (Å²) in [5.74, 6) is -0.172. The molecule has 2 amide bonds. The Balaban J connectivity index is 1.81. The van der Waals surface area contributed by atoms with E-state index in [1.165, 1.54) is 0 Å². The first-order valence-electron chi connectivity index (χ1n) is 7.76. The molecule has 3 N–H and O–H groups in total. The normalized spacial score (nSPS) is 10.1. The number of rotatable bonds is 7. The van der Waals surface area contributed by atoms with E-state index >= 15 is 0 Å². The molecule has 0 saturated heterocycles. The molecule has 0 fully saturated rings. The largest absolute Gasteiger partial charge is 0.376 e. The van der Waals surface area contributed by atoms with Crippen LogP contribution in [0.15, 0.2) is 48.5 Å². The lowest BCUT2D eigenvalue weighted by Crippen LogP contribution is -2.21. The molecule has 2 rings (SSSR count). The maximum absolute atomic E-state index is 11.9. The Labute approximate surface area is 146 Å². The molecular formula is C18H20ClN3O2. The number of amides is 2. The van der Waals surface area contributed by atoms with Crippen molar-refractivity contribution < 1.29 is 9.59 Å². The summed E-state index contributed by atoms with van der Waals surface area (Å²) in [6.07, 6.45) is 1.30. The summed E-state index contributed by atoms with van der Waals surface area (Å²) in [6.45, 7) is 2.10. The van der Waals surface area contributed by atoms with Gasteiger partial charge in [0.25, 0.3) is 0 Å². The van der Waals surface area contributed by atoms with Gasteiger partial charge in [0.15, 0.2) is 0 Å². The Hall–Kier alpha value is -2.53. The quantitative estimate of drug-likeness (QED) is 0.706. The van der Waals surface area contributed by atoms with E-state index in [9.17, 15) is 9.59 Å². The second-order valence-electron chi connectivity index (χ2n) is 5.28. The van der Waals surface area contributed by atoms with Crippen molar-refractivity contribution in [3.8, 4) is 0 Å². The van der Waals surface area contributed by atoms with E-state index in [2.05, 4.69) is 16.0 Å². The third-order valence-corrected chi connectivity index (χ3v) is 3.48. The highest BCUT2D eigenvalue weighted by Gasteiger charge is 2.04. The van der Waals surface area contributed by atoms with Crippen LogP contribution in [-0.4, -0.2) is 18.4 Å². The third kappa shape index (κ3) is 5.93. The summed E-state index contributed by atoms with van der Waals surface area (Å²) < 4.78 is 0. The van der Waals surface area contributed by atoms with Gasteiger partial charge in [-0.05, 0) is 55.0 Å². The lowest BCUT2D eigenvalue weighted by atomic mass is 10.2. The van der Waals surface area contributed by atoms with Gasteiger partial charge in [-0.25, -0.2) is 0 Å². The Morgan fingerprint density at radius 1 is 0.833 bits per heavy atom. The van der Waals surface area contributed by atoms with Crippen LogP contribution in [0.2, 0.25) is 5.02 Å². The fourth-order valence-electron chi connectivity index (χ4n) is 2.04. The Kier molecular flexibility index (Phi) is 6.63. The Morgan fingerprint density at radius 2 is 1.33 bits per heavy atom. The summed E-state index contributed by atoms with van der Waals surface area (Å²) >= 11 is 5.81. The van der Waals surface area contributed by atoms with Gasteiger partial charge in [0, 0.05) is 28.5 Å². The van der Waals surface area contributed by atoms with Gasteiger partial charge in [-0.1, -0.05) is 18.5 Å². The molecule has 5 nitrogen and oxygen atoms in total. The molecule has 24 heavy (non-hydrogen) atoms. The van der Waals surface area contributed by atoms with Gasteiger partial charge in [0.2, 0.25) is 11.8 Å². The van der Waals surface area contributed by atoms with Crippen LogP contribution in [0, 0.1) is 0 Å². The lowest BCUT2D eigenvalue weighted by Gasteiger charge is -2.09. The highest BCUT2D eigenvalue weighted by molar-refractivity contribution is 6.30. The first-order chi connectivity index (χ1) is 11.6. The van der Waals surface area contributed by atoms with Crippen LogP contribution in [0.4, 0.5) is 17.1 Å². The molecule has 0 heterocycles. The zero-order valence-electron chi connectivity index (χ0n) is 13.4. The molecule has 0 aliphatic rings. The number of nitrogens with one attached hydrogen (secondary N) is 3. The van der Waals surface area contributed by atoms with Crippen molar-refractivity contribution in [2.75, 3.05) is 22.5 Å². The molecule has 0 aliphatic heterocycles. The summed E-state index contributed by atoms with van der Waals surface area (Å²) in [5, 5.41) is 9.25. The number of benzene rings is 2. The molecular weight excluding hydrogens is 326 g/mol. The van der Waals surface area contributed by atoms with Crippen molar-refractivity contribution in [1.82, 2.24) is 0 Å². The van der Waals surface area contributed by atoms with Crippen molar-refractivity contribution in [2.24, 2.45) is 0 Å². The van der Waals surface area contributed by atoms with Gasteiger partial charge < -0.3 is 16.0 Å². The highest BCUT2D eigenvalue weighted by atomic mass is 35.5. The van der Waals surface area contributed by atoms with Crippen LogP contribution in [-0.2, 0) is 9.59 Å². The van der Waals surface area contributed by atoms with E-state index in [4.69, 9.17) is 11.6 Å². The van der Waals surface area contributed by atoms with Gasteiger partial charge in [-0.3, -0.25) is 9.59 Å². The van der Waals surface area contributed by atoms with Crippen LogP contribution >= 0.6 is 11.6 Å². The molecule has 0 aliphatic carbocycles. The minimum Gasteiger partial charge on any atom is -0.376 e. The summed E-state index contributed by atoms with van der Waals surface area (Å²) in [5.41, 5.74) is 2.21. The van der Waals surface area contributed by atoms with Crippen molar-refractivity contribution in [1.29, 1.82) is 0 Å². The summed E-state index contributed by atoms with van der Waals surface area (Å²) in [4.78, 5) is 23.4. The molecule has 2 aromatic carbocycles. The third-order valence-electron chi connectivity index (χ3n) is 3.23. The lowest BCUT2D eigenvalue weighted by molar-refractivity contribution is -0.116. The molecule has 0 unspecified atom stereocenters. The van der Waals surface area contributed by atoms with Crippen LogP contribution in [0.1, 0.15) is 19.8 Å². The van der Waals surface area contributed by atoms with Crippen molar-refractivity contribution in [3.05, 3.63) is 53.6 Å². The van der Waals surface area contributed by atoms with Crippen LogP contribution in [0.25, 0.3) is 0 Å². The van der Waals surface area contributed by atoms with Crippen LogP contribution in [0.3, 0.4) is 0 Å². The zero-order chi connectivity index (χ0) is 17.4. The number of hydrogen-bond acceptors (Lipinski definition) is 3. The minimum absolute atomic E-state index is 0.0125. The molecule has 0 aromatic heterocycles. The maximum Gasteiger partial charge on any atom is 0.243 e. The molecule has 0 bridgehead atoms. The van der Waals surface area contributed by atoms with Crippen molar-refractivity contribution >= 4 is 40.5 Å². The maximum atomic E-state index is 11.9. The SMILES string of the molecule is CCCC(=O)Nc1ccc(NC(=O)CNc2ccc(Cl)cc2)cc1. The first-order valence-corrected chi connectivity index (χ1v) is 8.14. The van der Waals surface area contributed by atoms with Crippen molar-refractivity contribution in [3.63, 3.8) is 0 Å². The molecule has 0 radical (unpaired) electrons. The number of halogens is 1. The zero-order valence-corrected chi connectivity index (χ0v) is 14.2. The van der Waals surface area contributed by atoms with Crippen molar-refractivity contribution in [2.45, 2.75) is 19.8 Å². The fraction of sp³-hybridized carbons (Fsp3) is 0.222. The number of hydrogen-bond donors (Lipinski definition) is 3. The number of anilines is 3. The van der Waals surface area contributed by atoms with Gasteiger partial charge >= 0.3 is 0 Å². The standard InChI is InChI=1S/C18H20ClN3O2/c1-2-3-17(23)21-15-8-10-16(11-9-15)22-18(24)12-20-14-6-4-13(19)5-7-14/h4-11,20H,2-3,12H2,1H3,(H,21,23)(H,22,24). The average molecular weight is 346 g/mol. The predicted octanol–water partition coefficient (Wildman–Crippen LogP) is 4.13. The van der Waals surface area contributed by atoms with E-state index in [1.807, 2.05) is 19.1 Å². The molecule has 0 saturated carbocycles. The van der Waals surface area contributed by atoms with E-state index in [1.54, 1.807) is 36.4 Å². The highest BCUT2D eigenvalue weighted by Crippen LogP contribution is 2.15. The Bertz CT molecular complexity index is 684. The molecule has 0 atom stereocenters. The molecule has 126 valence electrons. The monoisotopic (exact) mass is 345 g/mol. The van der Waals surface area contributed by atoms with Crippen LogP contribution < -0.4 is 16.0 Å². The van der Waals surface area contributed by atoms with Crippen LogP contribution in [0.5, 0.6) is 0 Å². The topological polar surface area (TPSA) is 70.2 Å². The second kappa shape index (κ2) is 8.93. The summed E-state index contributed by atoms with van der Waals surface area (Å²) in [7, 11) is 0. The van der Waals surface area contributed by atoms with Gasteiger partial charge in [0.05, 0.1) is 6.54 Å². The van der Waals surface area contributed by atoms with E-state index in [0.29, 0.717) is 22.8 Å². The minimum atomic E-state index is -0.160. The average Bonchev–Trinajstić information content (AvgIpc) is 2.56. The molecule has 0 spiro atoms. The smallest absolute Gasteiger partial charge is 0.243 e. The van der Waals surface area contributed by atoms with Gasteiger partial charge in [-0.15, -0.1) is 0 Å². The van der Waals surface area contributed by atoms with E-state index < -0.39 is 0 Å². The molecule has 2 aromatic rings. The van der Waals surface area contributed by atoms with Gasteiger partial charge in [-0.2, -0.15) is 0 Å². The van der Waals surface area contributed by atoms with E-state index in [0.717, 1.165) is 12.1 Å². The number of carbonyl (C=O) groups excluding carboxylic acids is 2. The second-order valence-corrected chi connectivity index (χ2v) is 5.72. The fourth-order valence-corrected chi connectivity index (χ4v) is 2.17. The molecule has 6 heteroatoms. The summed E-state index contributed by atoms with van der Waals surface area (Å²) in [6, 6.07) is 14.2.